The first-order chi connectivity index (χ1) is 7.36. The Labute approximate surface area is 93.9 Å². The fraction of sp³-hybridized carbons (Fsp3) is 0.889. The first kappa shape index (κ1) is 15.3. The number of nitrogens with zero attached hydrogens (tertiary/aromatic N) is 1. The van der Waals surface area contributed by atoms with Crippen molar-refractivity contribution in [2.24, 2.45) is 0 Å². The quantitative estimate of drug-likeness (QED) is 0.396. The van der Waals surface area contributed by atoms with Crippen molar-refractivity contribution < 1.29 is 30.0 Å². The van der Waals surface area contributed by atoms with Gasteiger partial charge in [0, 0.05) is 21.2 Å². The number of aliphatic hydroxyl groups is 4. The van der Waals surface area contributed by atoms with E-state index in [-0.39, 0.29) is 0 Å². The number of carbonyl (C=O) groups is 1. The number of methoxy groups -OCH3 is 1. The molecule has 7 nitrogen and oxygen atoms in total. The first-order valence-corrected chi connectivity index (χ1v) is 4.75. The lowest BCUT2D eigenvalue weighted by molar-refractivity contribution is -0.158. The lowest BCUT2D eigenvalue weighted by Crippen LogP contribution is -2.51. The number of likely N-dealkylation sites (N-methyl/N-ethyl adjacent to an activating group) is 1. The van der Waals surface area contributed by atoms with Gasteiger partial charge in [-0.15, -0.1) is 0 Å². The van der Waals surface area contributed by atoms with E-state index < -0.39 is 36.9 Å². The Morgan fingerprint density at radius 1 is 1.25 bits per heavy atom. The highest BCUT2D eigenvalue weighted by Gasteiger charge is 2.35. The summed E-state index contributed by atoms with van der Waals surface area (Å²) in [5.74, 6) is -0.737. The highest BCUT2D eigenvalue weighted by Crippen LogP contribution is 2.08. The average molecular weight is 237 g/mol. The van der Waals surface area contributed by atoms with Gasteiger partial charge in [-0.3, -0.25) is 4.79 Å². The summed E-state index contributed by atoms with van der Waals surface area (Å²) in [5, 5.41) is 37.2. The molecule has 0 heterocycles. The average Bonchev–Trinajstić information content (AvgIpc) is 2.27. The zero-order valence-electron chi connectivity index (χ0n) is 9.57. The molecule has 0 aliphatic carbocycles. The number of rotatable bonds is 6. The van der Waals surface area contributed by atoms with E-state index in [1.54, 1.807) is 0 Å². The smallest absolute Gasteiger partial charge is 0.253 e. The van der Waals surface area contributed by atoms with Crippen molar-refractivity contribution in [3.63, 3.8) is 0 Å². The third-order valence-electron chi connectivity index (χ3n) is 2.23. The lowest BCUT2D eigenvalue weighted by Gasteiger charge is -2.28. The van der Waals surface area contributed by atoms with Crippen LogP contribution in [0.1, 0.15) is 0 Å². The molecule has 96 valence electrons. The fourth-order valence-electron chi connectivity index (χ4n) is 1.14. The molecule has 0 spiro atoms. The Balaban J connectivity index is 4.53. The highest BCUT2D eigenvalue weighted by atomic mass is 16.5. The summed E-state index contributed by atoms with van der Waals surface area (Å²) in [6, 6.07) is 0. The maximum Gasteiger partial charge on any atom is 0.253 e. The standard InChI is InChI=1S/C9H19NO6/c1-10(2)9(15)8(14)7(13)6(12)5(4-11)16-3/h5-8,11-14H,4H2,1-3H3/t5-,6-,7+,8-/m1/s1. The zero-order valence-corrected chi connectivity index (χ0v) is 9.57. The number of hydrogen-bond donors (Lipinski definition) is 4. The topological polar surface area (TPSA) is 110 Å². The van der Waals surface area contributed by atoms with Crippen LogP contribution in [0.15, 0.2) is 0 Å². The minimum Gasteiger partial charge on any atom is -0.394 e. The van der Waals surface area contributed by atoms with Crippen molar-refractivity contribution in [1.82, 2.24) is 4.90 Å². The fourth-order valence-corrected chi connectivity index (χ4v) is 1.14. The molecule has 0 fully saturated rings. The van der Waals surface area contributed by atoms with Gasteiger partial charge in [0.05, 0.1) is 6.61 Å². The summed E-state index contributed by atoms with van der Waals surface area (Å²) in [6.45, 7) is -0.530. The van der Waals surface area contributed by atoms with Crippen LogP contribution in [0.5, 0.6) is 0 Å². The van der Waals surface area contributed by atoms with Crippen LogP contribution in [0.3, 0.4) is 0 Å². The molecule has 0 unspecified atom stereocenters. The first-order valence-electron chi connectivity index (χ1n) is 4.75. The van der Waals surface area contributed by atoms with Gasteiger partial charge in [0.15, 0.2) is 6.10 Å². The molecular weight excluding hydrogens is 218 g/mol. The van der Waals surface area contributed by atoms with Crippen molar-refractivity contribution in [2.45, 2.75) is 24.4 Å². The molecule has 0 bridgehead atoms. The van der Waals surface area contributed by atoms with Crippen LogP contribution in [-0.4, -0.2) is 83.5 Å². The van der Waals surface area contributed by atoms with Crippen LogP contribution < -0.4 is 0 Å². The van der Waals surface area contributed by atoms with Gasteiger partial charge < -0.3 is 30.1 Å². The van der Waals surface area contributed by atoms with Gasteiger partial charge in [-0.1, -0.05) is 0 Å². The number of hydrogen-bond acceptors (Lipinski definition) is 6. The predicted octanol–water partition coefficient (Wildman–Crippen LogP) is -2.84. The number of amides is 1. The van der Waals surface area contributed by atoms with E-state index in [4.69, 9.17) is 5.11 Å². The van der Waals surface area contributed by atoms with Crippen molar-refractivity contribution in [2.75, 3.05) is 27.8 Å². The molecule has 1 amide bonds. The molecule has 16 heavy (non-hydrogen) atoms. The Hall–Kier alpha value is -0.730. The predicted molar refractivity (Wildman–Crippen MR) is 54.6 cm³/mol. The van der Waals surface area contributed by atoms with Crippen molar-refractivity contribution in [3.05, 3.63) is 0 Å². The second-order valence-electron chi connectivity index (χ2n) is 3.62. The molecule has 0 aromatic rings. The van der Waals surface area contributed by atoms with E-state index >= 15 is 0 Å². The number of ether oxygens (including phenoxy) is 1. The van der Waals surface area contributed by atoms with Crippen LogP contribution in [0, 0.1) is 0 Å². The van der Waals surface area contributed by atoms with Crippen LogP contribution >= 0.6 is 0 Å². The summed E-state index contributed by atoms with van der Waals surface area (Å²) in [4.78, 5) is 12.4. The van der Waals surface area contributed by atoms with Crippen molar-refractivity contribution in [1.29, 1.82) is 0 Å². The van der Waals surface area contributed by atoms with Crippen LogP contribution in [0.25, 0.3) is 0 Å². The van der Waals surface area contributed by atoms with E-state index in [2.05, 4.69) is 4.74 Å². The Bertz CT molecular complexity index is 218. The highest BCUT2D eigenvalue weighted by molar-refractivity contribution is 5.80. The largest absolute Gasteiger partial charge is 0.394 e. The Morgan fingerprint density at radius 3 is 2.06 bits per heavy atom. The molecule has 0 aromatic carbocycles. The molecule has 0 aromatic heterocycles. The monoisotopic (exact) mass is 237 g/mol. The minimum atomic E-state index is -1.76. The van der Waals surface area contributed by atoms with Gasteiger partial charge in [0.25, 0.3) is 5.91 Å². The molecule has 0 radical (unpaired) electrons. The maximum absolute atomic E-state index is 11.3. The molecular formula is C9H19NO6. The Kier molecular flexibility index (Phi) is 6.46. The van der Waals surface area contributed by atoms with Crippen LogP contribution in [-0.2, 0) is 9.53 Å². The van der Waals surface area contributed by atoms with Gasteiger partial charge in [0.2, 0.25) is 0 Å². The second-order valence-corrected chi connectivity index (χ2v) is 3.62. The SMILES string of the molecule is CO[C@H](CO)[C@@H](O)[C@H](O)[C@@H](O)C(=O)N(C)C. The summed E-state index contributed by atoms with van der Waals surface area (Å²) < 4.78 is 4.68. The molecule has 7 heteroatoms. The third kappa shape index (κ3) is 3.69. The number of aliphatic hydroxyl groups excluding tert-OH is 4. The Morgan fingerprint density at radius 2 is 1.75 bits per heavy atom. The van der Waals surface area contributed by atoms with E-state index in [0.717, 1.165) is 4.90 Å². The van der Waals surface area contributed by atoms with Gasteiger partial charge in [0.1, 0.15) is 18.3 Å². The maximum atomic E-state index is 11.3. The van der Waals surface area contributed by atoms with Crippen molar-refractivity contribution >= 4 is 5.91 Å². The molecule has 0 saturated carbocycles. The summed E-state index contributed by atoms with van der Waals surface area (Å²) in [6.07, 6.45) is -6.07. The normalized spacial score (nSPS) is 18.7. The van der Waals surface area contributed by atoms with Gasteiger partial charge in [-0.25, -0.2) is 0 Å². The van der Waals surface area contributed by atoms with Crippen LogP contribution in [0.4, 0.5) is 0 Å². The van der Waals surface area contributed by atoms with Crippen molar-refractivity contribution in [3.8, 4) is 0 Å². The van der Waals surface area contributed by atoms with Crippen LogP contribution in [0.2, 0.25) is 0 Å². The summed E-state index contributed by atoms with van der Waals surface area (Å²) in [5.41, 5.74) is 0. The summed E-state index contributed by atoms with van der Waals surface area (Å²) in [7, 11) is 4.05. The third-order valence-corrected chi connectivity index (χ3v) is 2.23. The molecule has 0 saturated heterocycles. The lowest BCUT2D eigenvalue weighted by atomic mass is 10.0. The molecule has 0 aliphatic rings. The summed E-state index contributed by atoms with van der Waals surface area (Å²) >= 11 is 0. The van der Waals surface area contributed by atoms with E-state index in [0.29, 0.717) is 0 Å². The van der Waals surface area contributed by atoms with E-state index in [1.165, 1.54) is 21.2 Å². The molecule has 0 aliphatic heterocycles. The number of carbonyl (C=O) groups excluding carboxylic acids is 1. The molecule has 4 N–H and O–H groups in total. The van der Waals surface area contributed by atoms with E-state index in [9.17, 15) is 20.1 Å². The van der Waals surface area contributed by atoms with Gasteiger partial charge >= 0.3 is 0 Å². The van der Waals surface area contributed by atoms with Gasteiger partial charge in [-0.2, -0.15) is 0 Å². The second kappa shape index (κ2) is 6.77. The van der Waals surface area contributed by atoms with E-state index in [1.807, 2.05) is 0 Å². The molecule has 4 atom stereocenters. The molecule has 0 rings (SSSR count). The minimum absolute atomic E-state index is 0.530. The zero-order chi connectivity index (χ0) is 12.9. The van der Waals surface area contributed by atoms with Gasteiger partial charge in [-0.05, 0) is 0 Å².